The van der Waals surface area contributed by atoms with E-state index >= 15 is 0 Å². The van der Waals surface area contributed by atoms with Crippen LogP contribution in [0.5, 0.6) is 5.75 Å². The maximum atomic E-state index is 12.9. The van der Waals surface area contributed by atoms with E-state index in [4.69, 9.17) is 4.74 Å². The van der Waals surface area contributed by atoms with Crippen molar-refractivity contribution in [2.24, 2.45) is 0 Å². The second-order valence-corrected chi connectivity index (χ2v) is 8.31. The van der Waals surface area contributed by atoms with Gasteiger partial charge in [-0.15, -0.1) is 11.3 Å². The summed E-state index contributed by atoms with van der Waals surface area (Å²) in [5, 5.41) is 4.79. The molecule has 1 unspecified atom stereocenters. The van der Waals surface area contributed by atoms with Crippen LogP contribution in [-0.4, -0.2) is 36.9 Å². The van der Waals surface area contributed by atoms with Crippen LogP contribution in [0, 0.1) is 0 Å². The third-order valence-electron chi connectivity index (χ3n) is 5.46. The van der Waals surface area contributed by atoms with Crippen LogP contribution >= 0.6 is 11.3 Å². The Labute approximate surface area is 180 Å². The number of likely N-dealkylation sites (tertiary alicyclic amines) is 1. The molecule has 1 aliphatic heterocycles. The maximum Gasteiger partial charge on any atom is 0.261 e. The molecule has 1 fully saturated rings. The normalized spacial score (nSPS) is 15.8. The van der Waals surface area contributed by atoms with E-state index in [0.717, 1.165) is 30.8 Å². The molecule has 2 amide bonds. The zero-order valence-electron chi connectivity index (χ0n) is 16.8. The van der Waals surface area contributed by atoms with Crippen molar-refractivity contribution in [3.8, 4) is 5.75 Å². The molecule has 6 heteroatoms. The van der Waals surface area contributed by atoms with Crippen LogP contribution in [0.15, 0.2) is 66.0 Å². The molecule has 2 heterocycles. The lowest BCUT2D eigenvalue weighted by Gasteiger charge is -2.17. The van der Waals surface area contributed by atoms with Gasteiger partial charge in [-0.05, 0) is 53.3 Å². The number of hydrogen-bond donors (Lipinski definition) is 1. The molecule has 1 aliphatic rings. The minimum absolute atomic E-state index is 0.0557. The van der Waals surface area contributed by atoms with Gasteiger partial charge in [0, 0.05) is 31.1 Å². The van der Waals surface area contributed by atoms with Gasteiger partial charge in [-0.3, -0.25) is 9.59 Å². The monoisotopic (exact) mass is 420 g/mol. The smallest absolute Gasteiger partial charge is 0.261 e. The molecule has 5 nitrogen and oxygen atoms in total. The third kappa shape index (κ3) is 4.54. The van der Waals surface area contributed by atoms with Gasteiger partial charge < -0.3 is 15.0 Å². The molecule has 1 atom stereocenters. The van der Waals surface area contributed by atoms with E-state index in [1.54, 1.807) is 13.2 Å². The number of methoxy groups -OCH3 is 1. The number of benzene rings is 2. The van der Waals surface area contributed by atoms with Gasteiger partial charge >= 0.3 is 0 Å². The molecule has 0 spiro atoms. The summed E-state index contributed by atoms with van der Waals surface area (Å²) in [5.74, 6) is 1.18. The second-order valence-electron chi connectivity index (χ2n) is 7.37. The molecule has 4 rings (SSSR count). The zero-order chi connectivity index (χ0) is 20.9. The molecular weight excluding hydrogens is 396 g/mol. The summed E-state index contributed by atoms with van der Waals surface area (Å²) in [6, 6.07) is 19.2. The van der Waals surface area contributed by atoms with E-state index in [0.29, 0.717) is 22.9 Å². The summed E-state index contributed by atoms with van der Waals surface area (Å²) >= 11 is 1.42. The number of thiophene rings is 1. The molecule has 2 aromatic carbocycles. The topological polar surface area (TPSA) is 58.6 Å². The highest BCUT2D eigenvalue weighted by atomic mass is 32.1. The minimum atomic E-state index is -0.0770. The number of carbonyl (C=O) groups excluding carboxylic acids is 2. The summed E-state index contributed by atoms with van der Waals surface area (Å²) in [6.45, 7) is 1.92. The molecule has 30 heavy (non-hydrogen) atoms. The first-order valence-corrected chi connectivity index (χ1v) is 10.9. The molecule has 0 saturated carbocycles. The van der Waals surface area contributed by atoms with Gasteiger partial charge in [-0.25, -0.2) is 0 Å². The van der Waals surface area contributed by atoms with Crippen molar-refractivity contribution < 1.29 is 14.3 Å². The number of nitrogens with zero attached hydrogens (tertiary/aromatic N) is 1. The minimum Gasteiger partial charge on any atom is -0.497 e. The molecule has 154 valence electrons. The van der Waals surface area contributed by atoms with Crippen molar-refractivity contribution in [3.63, 3.8) is 0 Å². The van der Waals surface area contributed by atoms with Crippen LogP contribution in [0.2, 0.25) is 0 Å². The Morgan fingerprint density at radius 1 is 1.10 bits per heavy atom. The van der Waals surface area contributed by atoms with Crippen molar-refractivity contribution in [2.75, 3.05) is 20.2 Å². The molecule has 1 N–H and O–H groups in total. The van der Waals surface area contributed by atoms with E-state index in [-0.39, 0.29) is 11.8 Å². The highest BCUT2D eigenvalue weighted by Gasteiger charge is 2.28. The van der Waals surface area contributed by atoms with Crippen molar-refractivity contribution in [3.05, 3.63) is 87.6 Å². The Hall–Kier alpha value is -3.12. The molecule has 1 aromatic heterocycles. The van der Waals surface area contributed by atoms with Crippen molar-refractivity contribution in [1.82, 2.24) is 10.2 Å². The zero-order valence-corrected chi connectivity index (χ0v) is 17.7. The summed E-state index contributed by atoms with van der Waals surface area (Å²) in [4.78, 5) is 27.6. The first kappa shape index (κ1) is 20.2. The van der Waals surface area contributed by atoms with Gasteiger partial charge in [0.25, 0.3) is 11.8 Å². The van der Waals surface area contributed by atoms with Gasteiger partial charge in [0.15, 0.2) is 0 Å². The molecule has 1 saturated heterocycles. The average molecular weight is 421 g/mol. The first-order chi connectivity index (χ1) is 14.6. The maximum absolute atomic E-state index is 12.9. The van der Waals surface area contributed by atoms with E-state index < -0.39 is 0 Å². The van der Waals surface area contributed by atoms with E-state index in [1.165, 1.54) is 16.9 Å². The van der Waals surface area contributed by atoms with Crippen LogP contribution in [0.3, 0.4) is 0 Å². The predicted octanol–water partition coefficient (Wildman–Crippen LogP) is 4.32. The SMILES string of the molecule is COc1ccc(C2CCN(C(=O)c3ccc(CNC(=O)c4cccs4)cc3)C2)cc1. The van der Waals surface area contributed by atoms with Crippen molar-refractivity contribution in [2.45, 2.75) is 18.9 Å². The van der Waals surface area contributed by atoms with Crippen molar-refractivity contribution in [1.29, 1.82) is 0 Å². The van der Waals surface area contributed by atoms with E-state index in [1.807, 2.05) is 52.7 Å². The van der Waals surface area contributed by atoms with Gasteiger partial charge in [-0.2, -0.15) is 0 Å². The largest absolute Gasteiger partial charge is 0.497 e. The lowest BCUT2D eigenvalue weighted by molar-refractivity contribution is 0.0790. The van der Waals surface area contributed by atoms with Gasteiger partial charge in [0.2, 0.25) is 0 Å². The van der Waals surface area contributed by atoms with Gasteiger partial charge in [-0.1, -0.05) is 30.3 Å². The van der Waals surface area contributed by atoms with Crippen molar-refractivity contribution >= 4 is 23.2 Å². The average Bonchev–Trinajstić information content (AvgIpc) is 3.50. The standard InChI is InChI=1S/C24H24N2O3S/c1-29-21-10-8-18(9-11-21)20-12-13-26(16-20)24(28)19-6-4-17(5-7-19)15-25-23(27)22-3-2-14-30-22/h2-11,14,20H,12-13,15-16H2,1H3,(H,25,27). The van der Waals surface area contributed by atoms with Gasteiger partial charge in [0.05, 0.1) is 12.0 Å². The van der Waals surface area contributed by atoms with E-state index in [9.17, 15) is 9.59 Å². The number of amides is 2. The Morgan fingerprint density at radius 2 is 1.87 bits per heavy atom. The highest BCUT2D eigenvalue weighted by molar-refractivity contribution is 7.12. The fourth-order valence-corrected chi connectivity index (χ4v) is 4.36. The summed E-state index contributed by atoms with van der Waals surface area (Å²) in [7, 11) is 1.66. The molecule has 0 bridgehead atoms. The number of carbonyl (C=O) groups is 2. The number of nitrogens with one attached hydrogen (secondary N) is 1. The van der Waals surface area contributed by atoms with Crippen LogP contribution in [0.4, 0.5) is 0 Å². The Kier molecular flexibility index (Phi) is 6.14. The highest BCUT2D eigenvalue weighted by Crippen LogP contribution is 2.29. The van der Waals surface area contributed by atoms with Gasteiger partial charge in [0.1, 0.15) is 5.75 Å². The van der Waals surface area contributed by atoms with Crippen LogP contribution in [-0.2, 0) is 6.54 Å². The second kappa shape index (κ2) is 9.13. The fourth-order valence-electron chi connectivity index (χ4n) is 3.72. The van der Waals surface area contributed by atoms with Crippen LogP contribution in [0.1, 0.15) is 43.5 Å². The number of hydrogen-bond acceptors (Lipinski definition) is 4. The first-order valence-electron chi connectivity index (χ1n) is 9.98. The Bertz CT molecular complexity index is 998. The lowest BCUT2D eigenvalue weighted by atomic mass is 9.98. The molecule has 0 aliphatic carbocycles. The quantitative estimate of drug-likeness (QED) is 0.646. The van der Waals surface area contributed by atoms with Crippen LogP contribution < -0.4 is 10.1 Å². The van der Waals surface area contributed by atoms with E-state index in [2.05, 4.69) is 17.4 Å². The van der Waals surface area contributed by atoms with Crippen LogP contribution in [0.25, 0.3) is 0 Å². The Balaban J connectivity index is 1.32. The number of ether oxygens (including phenoxy) is 1. The lowest BCUT2D eigenvalue weighted by Crippen LogP contribution is -2.28. The number of rotatable bonds is 6. The predicted molar refractivity (Wildman–Crippen MR) is 118 cm³/mol. The Morgan fingerprint density at radius 3 is 2.53 bits per heavy atom. The third-order valence-corrected chi connectivity index (χ3v) is 6.33. The summed E-state index contributed by atoms with van der Waals surface area (Å²) in [6.07, 6.45) is 0.963. The molecule has 3 aromatic rings. The summed E-state index contributed by atoms with van der Waals surface area (Å²) in [5.41, 5.74) is 2.88. The fraction of sp³-hybridized carbons (Fsp3) is 0.250. The molecule has 0 radical (unpaired) electrons. The molecular formula is C24H24N2O3S. The summed E-state index contributed by atoms with van der Waals surface area (Å²) < 4.78 is 5.22.